The van der Waals surface area contributed by atoms with Crippen LogP contribution in [-0.2, 0) is 0 Å². The van der Waals surface area contributed by atoms with Crippen molar-refractivity contribution in [3.63, 3.8) is 0 Å². The molecule has 0 spiro atoms. The van der Waals surface area contributed by atoms with E-state index in [0.29, 0.717) is 21.2 Å². The van der Waals surface area contributed by atoms with Crippen molar-refractivity contribution in [3.8, 4) is 11.1 Å². The van der Waals surface area contributed by atoms with Crippen LogP contribution in [0.1, 0.15) is 0 Å². The van der Waals surface area contributed by atoms with Crippen molar-refractivity contribution in [2.45, 2.75) is 0 Å². The highest BCUT2D eigenvalue weighted by molar-refractivity contribution is 6.37. The number of halogens is 4. The third-order valence-electron chi connectivity index (χ3n) is 1.94. The molecule has 0 radical (unpaired) electrons. The predicted molar refractivity (Wildman–Crippen MR) is 67.5 cm³/mol. The second-order valence-corrected chi connectivity index (χ2v) is 4.58. The molecule has 0 fully saturated rings. The second kappa shape index (κ2) is 4.76. The molecular formula is C10H4Cl4N2. The molecule has 0 bridgehead atoms. The smallest absolute Gasteiger partial charge is 0.137 e. The highest BCUT2D eigenvalue weighted by Crippen LogP contribution is 2.34. The molecule has 2 rings (SSSR count). The number of hydrogen-bond acceptors (Lipinski definition) is 2. The van der Waals surface area contributed by atoms with E-state index in [1.54, 1.807) is 24.3 Å². The standard InChI is InChI=1S/C10H4Cl4N2/c11-5-1-2-8(12)6(3-5)7-4-9(13)15-16-10(7)14/h1-4H. The maximum atomic E-state index is 6.05. The second-order valence-electron chi connectivity index (χ2n) is 3.00. The molecule has 1 heterocycles. The van der Waals surface area contributed by atoms with Crippen LogP contribution in [-0.4, -0.2) is 10.2 Å². The highest BCUT2D eigenvalue weighted by atomic mass is 35.5. The molecule has 1 aromatic heterocycles. The van der Waals surface area contributed by atoms with Gasteiger partial charge in [0.25, 0.3) is 0 Å². The number of aromatic nitrogens is 2. The van der Waals surface area contributed by atoms with Gasteiger partial charge >= 0.3 is 0 Å². The molecule has 6 heteroatoms. The molecule has 0 amide bonds. The van der Waals surface area contributed by atoms with Gasteiger partial charge in [-0.25, -0.2) is 0 Å². The minimum Gasteiger partial charge on any atom is -0.137 e. The van der Waals surface area contributed by atoms with Crippen LogP contribution in [0.5, 0.6) is 0 Å². The summed E-state index contributed by atoms with van der Waals surface area (Å²) >= 11 is 23.6. The van der Waals surface area contributed by atoms with Gasteiger partial charge in [-0.1, -0.05) is 46.4 Å². The molecule has 0 unspecified atom stereocenters. The van der Waals surface area contributed by atoms with Gasteiger partial charge in [-0.3, -0.25) is 0 Å². The largest absolute Gasteiger partial charge is 0.159 e. The maximum absolute atomic E-state index is 6.05. The fraction of sp³-hybridized carbons (Fsp3) is 0. The Labute approximate surface area is 112 Å². The monoisotopic (exact) mass is 292 g/mol. The van der Waals surface area contributed by atoms with Crippen LogP contribution in [0.2, 0.25) is 20.4 Å². The highest BCUT2D eigenvalue weighted by Gasteiger charge is 2.10. The fourth-order valence-electron chi connectivity index (χ4n) is 1.25. The average Bonchev–Trinajstić information content (AvgIpc) is 2.25. The SMILES string of the molecule is Clc1ccc(Cl)c(-c2cc(Cl)nnc2Cl)c1. The summed E-state index contributed by atoms with van der Waals surface area (Å²) in [6, 6.07) is 6.67. The number of benzene rings is 1. The molecule has 2 aromatic rings. The Kier molecular flexibility index (Phi) is 3.55. The van der Waals surface area contributed by atoms with Crippen molar-refractivity contribution in [1.29, 1.82) is 0 Å². The molecule has 0 aliphatic rings. The van der Waals surface area contributed by atoms with E-state index in [0.717, 1.165) is 0 Å². The predicted octanol–water partition coefficient (Wildman–Crippen LogP) is 4.76. The summed E-state index contributed by atoms with van der Waals surface area (Å²) < 4.78 is 0. The van der Waals surface area contributed by atoms with Crippen LogP contribution in [0.4, 0.5) is 0 Å². The summed E-state index contributed by atoms with van der Waals surface area (Å²) in [7, 11) is 0. The topological polar surface area (TPSA) is 25.8 Å². The van der Waals surface area contributed by atoms with Crippen molar-refractivity contribution < 1.29 is 0 Å². The van der Waals surface area contributed by atoms with E-state index in [1.807, 2.05) is 0 Å². The number of hydrogen-bond donors (Lipinski definition) is 0. The molecule has 0 N–H and O–H groups in total. The first-order valence-electron chi connectivity index (χ1n) is 4.22. The van der Waals surface area contributed by atoms with Crippen molar-refractivity contribution in [1.82, 2.24) is 10.2 Å². The van der Waals surface area contributed by atoms with Crippen molar-refractivity contribution in [3.05, 3.63) is 44.6 Å². The van der Waals surface area contributed by atoms with E-state index >= 15 is 0 Å². The number of nitrogens with zero attached hydrogens (tertiary/aromatic N) is 2. The Hall–Kier alpha value is -0.540. The van der Waals surface area contributed by atoms with Gasteiger partial charge in [0.1, 0.15) is 0 Å². The van der Waals surface area contributed by atoms with Crippen LogP contribution in [0.3, 0.4) is 0 Å². The molecule has 0 aliphatic heterocycles. The first kappa shape index (κ1) is 11.9. The lowest BCUT2D eigenvalue weighted by molar-refractivity contribution is 1.03. The summed E-state index contributed by atoms with van der Waals surface area (Å²) in [5.41, 5.74) is 1.28. The molecule has 0 atom stereocenters. The zero-order chi connectivity index (χ0) is 11.7. The fourth-order valence-corrected chi connectivity index (χ4v) is 1.98. The molecule has 2 nitrogen and oxygen atoms in total. The summed E-state index contributed by atoms with van der Waals surface area (Å²) in [5, 5.41) is 8.89. The van der Waals surface area contributed by atoms with Crippen molar-refractivity contribution in [2.75, 3.05) is 0 Å². The van der Waals surface area contributed by atoms with Crippen LogP contribution in [0, 0.1) is 0 Å². The quantitative estimate of drug-likeness (QED) is 0.758. The van der Waals surface area contributed by atoms with E-state index in [-0.39, 0.29) is 10.3 Å². The Balaban J connectivity index is 2.66. The van der Waals surface area contributed by atoms with Gasteiger partial charge in [0.05, 0.1) is 0 Å². The minimum atomic E-state index is 0.230. The first-order chi connectivity index (χ1) is 7.58. The molecule has 1 aromatic carbocycles. The lowest BCUT2D eigenvalue weighted by atomic mass is 10.1. The number of rotatable bonds is 1. The Morgan fingerprint density at radius 3 is 2.31 bits per heavy atom. The summed E-state index contributed by atoms with van der Waals surface area (Å²) in [4.78, 5) is 0. The van der Waals surface area contributed by atoms with Crippen LogP contribution >= 0.6 is 46.4 Å². The Morgan fingerprint density at radius 1 is 0.812 bits per heavy atom. The molecule has 16 heavy (non-hydrogen) atoms. The van der Waals surface area contributed by atoms with Gasteiger partial charge in [0.2, 0.25) is 0 Å². The van der Waals surface area contributed by atoms with Crippen LogP contribution < -0.4 is 0 Å². The Morgan fingerprint density at radius 2 is 1.56 bits per heavy atom. The lowest BCUT2D eigenvalue weighted by Gasteiger charge is -2.06. The minimum absolute atomic E-state index is 0.230. The summed E-state index contributed by atoms with van der Waals surface area (Å²) in [5.74, 6) is 0. The van der Waals surface area contributed by atoms with Gasteiger partial charge in [-0.2, -0.15) is 0 Å². The van der Waals surface area contributed by atoms with E-state index in [4.69, 9.17) is 46.4 Å². The van der Waals surface area contributed by atoms with Gasteiger partial charge in [-0.15, -0.1) is 10.2 Å². The van der Waals surface area contributed by atoms with Gasteiger partial charge < -0.3 is 0 Å². The van der Waals surface area contributed by atoms with E-state index in [2.05, 4.69) is 10.2 Å². The third-order valence-corrected chi connectivity index (χ3v) is 2.97. The average molecular weight is 294 g/mol. The maximum Gasteiger partial charge on any atom is 0.159 e. The zero-order valence-electron chi connectivity index (χ0n) is 7.72. The molecule has 0 saturated heterocycles. The third kappa shape index (κ3) is 2.41. The van der Waals surface area contributed by atoms with Crippen LogP contribution in [0.25, 0.3) is 11.1 Å². The van der Waals surface area contributed by atoms with Gasteiger partial charge in [-0.05, 0) is 24.3 Å². The van der Waals surface area contributed by atoms with Gasteiger partial charge in [0, 0.05) is 21.2 Å². The van der Waals surface area contributed by atoms with E-state index < -0.39 is 0 Å². The first-order valence-corrected chi connectivity index (χ1v) is 5.73. The molecule has 82 valence electrons. The summed E-state index contributed by atoms with van der Waals surface area (Å²) in [6.07, 6.45) is 0. The molecule has 0 saturated carbocycles. The zero-order valence-corrected chi connectivity index (χ0v) is 10.7. The lowest BCUT2D eigenvalue weighted by Crippen LogP contribution is -1.88. The van der Waals surface area contributed by atoms with E-state index in [1.165, 1.54) is 0 Å². The van der Waals surface area contributed by atoms with Crippen molar-refractivity contribution in [2.24, 2.45) is 0 Å². The Bertz CT molecular complexity index is 493. The van der Waals surface area contributed by atoms with Crippen molar-refractivity contribution >= 4 is 46.4 Å². The van der Waals surface area contributed by atoms with Gasteiger partial charge in [0.15, 0.2) is 10.3 Å². The van der Waals surface area contributed by atoms with Crippen LogP contribution in [0.15, 0.2) is 24.3 Å². The molecular weight excluding hydrogens is 290 g/mol. The normalized spacial score (nSPS) is 10.5. The van der Waals surface area contributed by atoms with E-state index in [9.17, 15) is 0 Å². The molecule has 0 aliphatic carbocycles. The summed E-state index contributed by atoms with van der Waals surface area (Å²) in [6.45, 7) is 0.